The first-order valence-corrected chi connectivity index (χ1v) is 6.98. The van der Waals surface area contributed by atoms with Gasteiger partial charge in [0, 0.05) is 12.6 Å². The molecule has 0 unspecified atom stereocenters. The molecule has 1 aliphatic carbocycles. The number of aryl methyl sites for hydroxylation is 2. The van der Waals surface area contributed by atoms with Crippen LogP contribution >= 0.6 is 24.0 Å². The van der Waals surface area contributed by atoms with Crippen molar-refractivity contribution >= 4 is 29.9 Å². The highest BCUT2D eigenvalue weighted by Gasteiger charge is 2.19. The molecule has 0 bridgehead atoms. The van der Waals surface area contributed by atoms with Crippen LogP contribution in [-0.4, -0.2) is 21.3 Å². The third-order valence-corrected chi connectivity index (χ3v) is 3.35. The van der Waals surface area contributed by atoms with Gasteiger partial charge in [-0.3, -0.25) is 4.68 Å². The van der Waals surface area contributed by atoms with Gasteiger partial charge in [-0.15, -0.1) is 24.0 Å². The maximum atomic E-state index is 5.91. The Kier molecular flexibility index (Phi) is 5.85. The Morgan fingerprint density at radius 3 is 2.65 bits per heavy atom. The van der Waals surface area contributed by atoms with Gasteiger partial charge in [0.05, 0.1) is 17.9 Å². The van der Waals surface area contributed by atoms with Crippen LogP contribution in [0.15, 0.2) is 4.99 Å². The zero-order chi connectivity index (χ0) is 14.0. The van der Waals surface area contributed by atoms with E-state index < -0.39 is 0 Å². The molecule has 0 aromatic carbocycles. The van der Waals surface area contributed by atoms with Gasteiger partial charge in [-0.25, -0.2) is 4.99 Å². The molecule has 20 heavy (non-hydrogen) atoms. The van der Waals surface area contributed by atoms with Crippen LogP contribution in [-0.2, 0) is 26.4 Å². The van der Waals surface area contributed by atoms with Crippen molar-refractivity contribution in [3.63, 3.8) is 0 Å². The Morgan fingerprint density at radius 1 is 1.35 bits per heavy atom. The van der Waals surface area contributed by atoms with Crippen molar-refractivity contribution in [2.75, 3.05) is 0 Å². The lowest BCUT2D eigenvalue weighted by molar-refractivity contribution is 0.508. The van der Waals surface area contributed by atoms with Gasteiger partial charge in [-0.1, -0.05) is 0 Å². The highest BCUT2D eigenvalue weighted by atomic mass is 127. The summed E-state index contributed by atoms with van der Waals surface area (Å²) in [4.78, 5) is 4.44. The smallest absolute Gasteiger partial charge is 0.189 e. The van der Waals surface area contributed by atoms with Crippen LogP contribution in [0.5, 0.6) is 0 Å². The molecule has 1 aromatic heterocycles. The second kappa shape index (κ2) is 6.78. The zero-order valence-corrected chi connectivity index (χ0v) is 15.2. The van der Waals surface area contributed by atoms with Crippen molar-refractivity contribution in [1.29, 1.82) is 0 Å². The summed E-state index contributed by atoms with van der Waals surface area (Å²) < 4.78 is 1.96. The summed E-state index contributed by atoms with van der Waals surface area (Å²) in [6.07, 6.45) is 4.73. The molecule has 1 aliphatic rings. The van der Waals surface area contributed by atoms with Crippen molar-refractivity contribution in [1.82, 2.24) is 15.1 Å². The van der Waals surface area contributed by atoms with E-state index >= 15 is 0 Å². The Bertz CT molecular complexity index is 484. The number of guanidine groups is 1. The number of hydrogen-bond acceptors (Lipinski definition) is 2. The van der Waals surface area contributed by atoms with Crippen LogP contribution in [0.1, 0.15) is 50.6 Å². The first kappa shape index (κ1) is 17.3. The summed E-state index contributed by atoms with van der Waals surface area (Å²) in [5.74, 6) is 0.498. The fraction of sp³-hybridized carbons (Fsp3) is 0.714. The minimum Gasteiger partial charge on any atom is -0.370 e. The fourth-order valence-electron chi connectivity index (χ4n) is 2.53. The number of rotatable bonds is 2. The molecular weight excluding hydrogens is 365 g/mol. The van der Waals surface area contributed by atoms with E-state index in [0.29, 0.717) is 12.5 Å². The van der Waals surface area contributed by atoms with Crippen LogP contribution in [0.25, 0.3) is 0 Å². The number of nitrogens with two attached hydrogens (primary N) is 1. The summed E-state index contributed by atoms with van der Waals surface area (Å²) in [6, 6.07) is 0. The van der Waals surface area contributed by atoms with Gasteiger partial charge >= 0.3 is 0 Å². The lowest BCUT2D eigenvalue weighted by atomic mass is 9.96. The predicted molar refractivity (Wildman–Crippen MR) is 93.5 cm³/mol. The van der Waals surface area contributed by atoms with Crippen LogP contribution in [0.4, 0.5) is 0 Å². The third kappa shape index (κ3) is 4.36. The Hall–Kier alpha value is -0.790. The number of nitrogens with one attached hydrogen (secondary N) is 1. The number of halogens is 1. The molecule has 0 radical (unpaired) electrons. The molecule has 3 N–H and O–H groups in total. The third-order valence-electron chi connectivity index (χ3n) is 3.35. The standard InChI is InChI=1S/C14H25N5.HI/c1-14(2,3)17-13(15)16-9-12-10-7-5-6-8-11(10)18-19(12)4;/h5-9H2,1-4H3,(H3,15,16,17);1H. The molecule has 0 atom stereocenters. The van der Waals surface area contributed by atoms with Crippen molar-refractivity contribution in [2.24, 2.45) is 17.8 Å². The van der Waals surface area contributed by atoms with Gasteiger partial charge in [-0.2, -0.15) is 5.10 Å². The summed E-state index contributed by atoms with van der Waals surface area (Å²) in [7, 11) is 2.00. The van der Waals surface area contributed by atoms with Crippen molar-refractivity contribution in [3.8, 4) is 0 Å². The Balaban J connectivity index is 0.00000200. The summed E-state index contributed by atoms with van der Waals surface area (Å²) in [6.45, 7) is 6.82. The topological polar surface area (TPSA) is 68.2 Å². The second-order valence-electron chi connectivity index (χ2n) is 6.28. The lowest BCUT2D eigenvalue weighted by Crippen LogP contribution is -2.45. The number of aromatic nitrogens is 2. The number of aliphatic imine (C=N–C) groups is 1. The van der Waals surface area contributed by atoms with Crippen LogP contribution in [0.3, 0.4) is 0 Å². The van der Waals surface area contributed by atoms with Gasteiger partial charge in [0.15, 0.2) is 5.96 Å². The Labute approximate surface area is 138 Å². The average Bonchev–Trinajstić information content (AvgIpc) is 2.60. The molecule has 0 saturated heterocycles. The number of fused-ring (bicyclic) bond motifs is 1. The zero-order valence-electron chi connectivity index (χ0n) is 12.9. The van der Waals surface area contributed by atoms with E-state index in [4.69, 9.17) is 5.73 Å². The summed E-state index contributed by atoms with van der Waals surface area (Å²) in [5.41, 5.74) is 9.70. The molecule has 0 fully saturated rings. The van der Waals surface area contributed by atoms with Crippen molar-refractivity contribution in [3.05, 3.63) is 17.0 Å². The number of nitrogens with zero attached hydrogens (tertiary/aromatic N) is 3. The molecule has 1 heterocycles. The monoisotopic (exact) mass is 391 g/mol. The Morgan fingerprint density at radius 2 is 2.00 bits per heavy atom. The van der Waals surface area contributed by atoms with Gasteiger partial charge in [0.25, 0.3) is 0 Å². The van der Waals surface area contributed by atoms with E-state index in [1.807, 2.05) is 11.7 Å². The first-order chi connectivity index (χ1) is 8.87. The van der Waals surface area contributed by atoms with Gasteiger partial charge in [-0.05, 0) is 52.0 Å². The van der Waals surface area contributed by atoms with Crippen LogP contribution < -0.4 is 11.1 Å². The fourth-order valence-corrected chi connectivity index (χ4v) is 2.53. The minimum atomic E-state index is -0.0561. The molecule has 114 valence electrons. The van der Waals surface area contributed by atoms with E-state index in [0.717, 1.165) is 12.8 Å². The molecule has 2 rings (SSSR count). The van der Waals surface area contributed by atoms with Crippen molar-refractivity contribution < 1.29 is 0 Å². The van der Waals surface area contributed by atoms with Crippen LogP contribution in [0.2, 0.25) is 0 Å². The largest absolute Gasteiger partial charge is 0.370 e. The highest BCUT2D eigenvalue weighted by Crippen LogP contribution is 2.23. The van der Waals surface area contributed by atoms with E-state index in [2.05, 4.69) is 36.2 Å². The number of hydrogen-bond donors (Lipinski definition) is 2. The van der Waals surface area contributed by atoms with E-state index in [1.165, 1.54) is 29.8 Å². The molecule has 0 amide bonds. The maximum Gasteiger partial charge on any atom is 0.189 e. The predicted octanol–water partition coefficient (Wildman–Crippen LogP) is 2.12. The van der Waals surface area contributed by atoms with Gasteiger partial charge < -0.3 is 11.1 Å². The van der Waals surface area contributed by atoms with E-state index in [9.17, 15) is 0 Å². The normalized spacial score (nSPS) is 15.5. The quantitative estimate of drug-likeness (QED) is 0.461. The summed E-state index contributed by atoms with van der Waals surface area (Å²) >= 11 is 0. The molecular formula is C14H26IN5. The van der Waals surface area contributed by atoms with Gasteiger partial charge in [0.1, 0.15) is 0 Å². The molecule has 0 spiro atoms. The second-order valence-corrected chi connectivity index (χ2v) is 6.28. The van der Waals surface area contributed by atoms with E-state index in [-0.39, 0.29) is 29.5 Å². The van der Waals surface area contributed by atoms with E-state index in [1.54, 1.807) is 0 Å². The molecule has 0 saturated carbocycles. The highest BCUT2D eigenvalue weighted by molar-refractivity contribution is 14.0. The molecule has 1 aromatic rings. The maximum absolute atomic E-state index is 5.91. The lowest BCUT2D eigenvalue weighted by Gasteiger charge is -2.21. The first-order valence-electron chi connectivity index (χ1n) is 6.98. The molecule has 6 heteroatoms. The average molecular weight is 391 g/mol. The van der Waals surface area contributed by atoms with Crippen molar-refractivity contribution in [2.45, 2.75) is 58.5 Å². The molecule has 5 nitrogen and oxygen atoms in total. The van der Waals surface area contributed by atoms with Gasteiger partial charge in [0.2, 0.25) is 0 Å². The van der Waals surface area contributed by atoms with Crippen LogP contribution in [0, 0.1) is 0 Å². The summed E-state index contributed by atoms with van der Waals surface area (Å²) in [5, 5.41) is 7.77. The minimum absolute atomic E-state index is 0. The molecule has 0 aliphatic heterocycles. The SMILES string of the molecule is Cn1nc2c(c1CN=C(N)NC(C)(C)C)CCCC2.I.